The molecule has 0 bridgehead atoms. The number of carbonyl (C=O) groups excluding carboxylic acids is 3. The molecule has 2 atom stereocenters. The van der Waals surface area contributed by atoms with Gasteiger partial charge in [-0.15, -0.1) is 12.4 Å². The number of nitro groups is 1. The molecule has 0 aromatic carbocycles. The Labute approximate surface area is 223 Å². The molecule has 0 saturated carbocycles. The number of anilines is 2. The molecule has 4 heterocycles. The van der Waals surface area contributed by atoms with Gasteiger partial charge in [-0.2, -0.15) is 0 Å². The molecule has 15 nitrogen and oxygen atoms in total. The Hall–Kier alpha value is -4.18. The highest BCUT2D eigenvalue weighted by Crippen LogP contribution is 2.20. The zero-order chi connectivity index (χ0) is 26.9. The molecule has 1 fully saturated rings. The summed E-state index contributed by atoms with van der Waals surface area (Å²) in [5.74, 6) is -1.27. The molecule has 1 saturated heterocycles. The van der Waals surface area contributed by atoms with Gasteiger partial charge >= 0.3 is 0 Å². The van der Waals surface area contributed by atoms with Crippen molar-refractivity contribution < 1.29 is 19.3 Å². The minimum Gasteiger partial charge on any atom is -0.349 e. The van der Waals surface area contributed by atoms with Crippen molar-refractivity contribution in [3.8, 4) is 0 Å². The van der Waals surface area contributed by atoms with Crippen LogP contribution in [0.5, 0.6) is 0 Å². The first-order valence-corrected chi connectivity index (χ1v) is 11.3. The molecule has 4 rings (SSSR count). The molecular weight excluding hydrogens is 520 g/mol. The summed E-state index contributed by atoms with van der Waals surface area (Å²) in [7, 11) is 6.78. The monoisotopic (exact) mass is 548 g/mol. The van der Waals surface area contributed by atoms with Crippen molar-refractivity contribution in [3.05, 3.63) is 64.0 Å². The number of carbonyl (C=O) groups is 3. The van der Waals surface area contributed by atoms with Crippen LogP contribution >= 0.6 is 12.4 Å². The highest BCUT2D eigenvalue weighted by atomic mass is 35.5. The molecule has 1 aliphatic heterocycles. The molecule has 38 heavy (non-hydrogen) atoms. The van der Waals surface area contributed by atoms with Gasteiger partial charge in [0.05, 0.1) is 22.5 Å². The predicted octanol–water partition coefficient (Wildman–Crippen LogP) is 0.590. The minimum absolute atomic E-state index is 0. The third-order valence-corrected chi connectivity index (χ3v) is 5.82. The van der Waals surface area contributed by atoms with Crippen LogP contribution in [0.15, 0.2) is 36.8 Å². The van der Waals surface area contributed by atoms with E-state index in [0.29, 0.717) is 30.2 Å². The predicted molar refractivity (Wildman–Crippen MR) is 141 cm³/mol. The van der Waals surface area contributed by atoms with E-state index in [4.69, 9.17) is 0 Å². The number of nitrogens with zero attached hydrogens (tertiary/aromatic N) is 5. The fourth-order valence-electron chi connectivity index (χ4n) is 3.80. The lowest BCUT2D eigenvalue weighted by atomic mass is 10.3. The first-order chi connectivity index (χ1) is 17.5. The summed E-state index contributed by atoms with van der Waals surface area (Å²) in [6, 6.07) is 4.24. The summed E-state index contributed by atoms with van der Waals surface area (Å²) in [6.45, 7) is 1.03. The fraction of sp³-hybridized carbons (Fsp3) is 0.318. The molecule has 2 unspecified atom stereocenters. The van der Waals surface area contributed by atoms with E-state index in [2.05, 4.69) is 26.7 Å². The van der Waals surface area contributed by atoms with Crippen molar-refractivity contribution in [2.24, 2.45) is 21.1 Å². The quantitative estimate of drug-likeness (QED) is 0.105. The molecule has 0 aliphatic carbocycles. The largest absolute Gasteiger partial charge is 0.349 e. The Morgan fingerprint density at radius 3 is 1.79 bits per heavy atom. The van der Waals surface area contributed by atoms with Gasteiger partial charge in [-0.3, -0.25) is 29.8 Å². The Balaban J connectivity index is 0.00000400. The van der Waals surface area contributed by atoms with E-state index in [1.165, 1.54) is 34.5 Å². The summed E-state index contributed by atoms with van der Waals surface area (Å²) in [5.41, 5.74) is 4.36. The van der Waals surface area contributed by atoms with Crippen molar-refractivity contribution >= 4 is 47.2 Å². The molecule has 16 heteroatoms. The van der Waals surface area contributed by atoms with E-state index in [1.54, 1.807) is 37.1 Å². The lowest BCUT2D eigenvalue weighted by Crippen LogP contribution is -2.34. The van der Waals surface area contributed by atoms with Crippen LogP contribution in [-0.2, 0) is 21.1 Å². The lowest BCUT2D eigenvalue weighted by Gasteiger charge is -2.06. The molecule has 204 valence electrons. The standard InChI is InChI=1S/C22H28N10O5.ClH/c1-28-10-13(7-16(28)19(33)23-5-6-24-22-27-31(22)4)25-20(34)17-8-14(11-29(17)2)26-21(35)18-9-15(32(36)37)12-30(18)3;/h7-12,22,24,27H,5-6H2,1-4H3,(H,23,33)(H,25,34)(H,26,35);1H. The second-order valence-electron chi connectivity index (χ2n) is 8.66. The number of nitrogens with one attached hydrogen (secondary N) is 5. The van der Waals surface area contributed by atoms with E-state index >= 15 is 0 Å². The van der Waals surface area contributed by atoms with Crippen LogP contribution in [-0.4, -0.2) is 67.8 Å². The Morgan fingerprint density at radius 1 is 0.842 bits per heavy atom. The third kappa shape index (κ3) is 6.38. The van der Waals surface area contributed by atoms with Gasteiger partial charge in [0.1, 0.15) is 23.4 Å². The Bertz CT molecular complexity index is 1380. The first kappa shape index (κ1) is 28.4. The summed E-state index contributed by atoms with van der Waals surface area (Å²) in [5, 5.41) is 24.3. The van der Waals surface area contributed by atoms with Crippen LogP contribution in [0, 0.1) is 10.1 Å². The Morgan fingerprint density at radius 2 is 1.32 bits per heavy atom. The number of hydrogen-bond acceptors (Lipinski definition) is 8. The summed E-state index contributed by atoms with van der Waals surface area (Å²) in [4.78, 5) is 48.4. The zero-order valence-electron chi connectivity index (χ0n) is 21.1. The van der Waals surface area contributed by atoms with Gasteiger partial charge in [-0.25, -0.2) is 10.4 Å². The smallest absolute Gasteiger partial charge is 0.287 e. The second kappa shape index (κ2) is 11.5. The average molecular weight is 549 g/mol. The number of hydrazine groups is 1. The highest BCUT2D eigenvalue weighted by Gasteiger charge is 2.27. The number of hydrogen-bond donors (Lipinski definition) is 5. The highest BCUT2D eigenvalue weighted by molar-refractivity contribution is 6.07. The van der Waals surface area contributed by atoms with Crippen molar-refractivity contribution in [2.45, 2.75) is 6.29 Å². The van der Waals surface area contributed by atoms with Gasteiger partial charge in [0, 0.05) is 59.7 Å². The molecular formula is C22H29ClN10O5. The van der Waals surface area contributed by atoms with Crippen LogP contribution in [0.4, 0.5) is 17.1 Å². The van der Waals surface area contributed by atoms with E-state index in [1.807, 2.05) is 12.1 Å². The molecule has 1 aliphatic rings. The van der Waals surface area contributed by atoms with Crippen molar-refractivity contribution in [1.29, 1.82) is 0 Å². The average Bonchev–Trinajstić information content (AvgIpc) is 3.13. The molecule has 3 amide bonds. The number of amides is 3. The zero-order valence-corrected chi connectivity index (χ0v) is 22.0. The topological polar surface area (TPSA) is 182 Å². The summed E-state index contributed by atoms with van der Waals surface area (Å²) >= 11 is 0. The fourth-order valence-corrected chi connectivity index (χ4v) is 3.80. The van der Waals surface area contributed by atoms with E-state index in [-0.39, 0.29) is 41.7 Å². The van der Waals surface area contributed by atoms with Gasteiger partial charge in [0.15, 0.2) is 0 Å². The molecule has 0 radical (unpaired) electrons. The van der Waals surface area contributed by atoms with Gasteiger partial charge in [0.25, 0.3) is 23.4 Å². The van der Waals surface area contributed by atoms with Crippen LogP contribution in [0.1, 0.15) is 31.5 Å². The third-order valence-electron chi connectivity index (χ3n) is 5.82. The summed E-state index contributed by atoms with van der Waals surface area (Å²) in [6.07, 6.45) is 4.55. The van der Waals surface area contributed by atoms with E-state index in [0.717, 1.165) is 0 Å². The minimum atomic E-state index is -0.580. The number of halogens is 1. The summed E-state index contributed by atoms with van der Waals surface area (Å²) < 4.78 is 4.50. The molecule has 5 N–H and O–H groups in total. The van der Waals surface area contributed by atoms with Gasteiger partial charge in [-0.05, 0) is 12.1 Å². The first-order valence-electron chi connectivity index (χ1n) is 11.3. The van der Waals surface area contributed by atoms with Crippen LogP contribution in [0.3, 0.4) is 0 Å². The number of rotatable bonds is 10. The number of aromatic nitrogens is 3. The lowest BCUT2D eigenvalue weighted by molar-refractivity contribution is -0.384. The van der Waals surface area contributed by atoms with Gasteiger partial charge in [0.2, 0.25) is 0 Å². The van der Waals surface area contributed by atoms with E-state index < -0.39 is 16.7 Å². The molecule has 3 aromatic heterocycles. The van der Waals surface area contributed by atoms with E-state index in [9.17, 15) is 24.5 Å². The molecule has 0 spiro atoms. The van der Waals surface area contributed by atoms with Crippen LogP contribution < -0.4 is 26.7 Å². The maximum Gasteiger partial charge on any atom is 0.287 e. The second-order valence-corrected chi connectivity index (χ2v) is 8.66. The normalized spacial score (nSPS) is 15.9. The van der Waals surface area contributed by atoms with Crippen LogP contribution in [0.25, 0.3) is 0 Å². The maximum atomic E-state index is 12.9. The van der Waals surface area contributed by atoms with Gasteiger partial charge in [-0.1, -0.05) is 0 Å². The maximum absolute atomic E-state index is 12.9. The van der Waals surface area contributed by atoms with Crippen molar-refractivity contribution in [2.75, 3.05) is 30.8 Å². The molecule has 3 aromatic rings. The number of aryl methyl sites for hydroxylation is 3. The SMILES string of the molecule is CN1NC1NCCNC(=O)c1cc(NC(=O)c2cc(NC(=O)c3cc([N+](=O)[O-])cn3C)cn2C)cn1C.Cl. The van der Waals surface area contributed by atoms with Crippen LogP contribution in [0.2, 0.25) is 0 Å². The Kier molecular flexibility index (Phi) is 8.57. The van der Waals surface area contributed by atoms with Crippen molar-refractivity contribution in [1.82, 2.24) is 34.8 Å². The van der Waals surface area contributed by atoms with Gasteiger partial charge < -0.3 is 29.7 Å². The van der Waals surface area contributed by atoms with Crippen molar-refractivity contribution in [3.63, 3.8) is 0 Å².